The van der Waals surface area contributed by atoms with E-state index in [-0.39, 0.29) is 6.10 Å². The highest BCUT2D eigenvalue weighted by molar-refractivity contribution is 9.09. The van der Waals surface area contributed by atoms with Crippen molar-refractivity contribution in [2.24, 2.45) is 0 Å². The van der Waals surface area contributed by atoms with E-state index in [1.807, 2.05) is 0 Å². The van der Waals surface area contributed by atoms with Crippen molar-refractivity contribution < 1.29 is 9.84 Å². The number of aliphatic hydroxyl groups excluding tert-OH is 1. The average Bonchev–Trinajstić information content (AvgIpc) is 2.19. The molecule has 3 heteroatoms. The molecule has 1 rings (SSSR count). The Balaban J connectivity index is 2.09. The summed E-state index contributed by atoms with van der Waals surface area (Å²) >= 11 is 3.13. The second-order valence-corrected chi connectivity index (χ2v) is 1.87. The van der Waals surface area contributed by atoms with Crippen molar-refractivity contribution in [3.05, 3.63) is 0 Å². The van der Waals surface area contributed by atoms with Gasteiger partial charge in [-0.15, -0.1) is 0 Å². The lowest BCUT2D eigenvalue weighted by Gasteiger charge is -1.70. The molecular weight excluding hydrogens is 148 g/mol. The van der Waals surface area contributed by atoms with Gasteiger partial charge in [-0.2, -0.15) is 0 Å². The zero-order chi connectivity index (χ0) is 4.57. The molecule has 0 aromatic rings. The first-order valence-corrected chi connectivity index (χ1v) is 2.86. The van der Waals surface area contributed by atoms with Crippen LogP contribution in [-0.4, -0.2) is 22.8 Å². The van der Waals surface area contributed by atoms with Crippen LogP contribution >= 0.6 is 15.9 Å². The topological polar surface area (TPSA) is 32.8 Å². The molecule has 0 aliphatic carbocycles. The van der Waals surface area contributed by atoms with Gasteiger partial charge in [0.25, 0.3) is 0 Å². The Bertz CT molecular complexity index is 54.8. The van der Waals surface area contributed by atoms with Crippen LogP contribution in [0.4, 0.5) is 0 Å². The molecule has 6 heavy (non-hydrogen) atoms. The quantitative estimate of drug-likeness (QED) is 0.428. The molecule has 2 atom stereocenters. The monoisotopic (exact) mass is 152 g/mol. The zero-order valence-corrected chi connectivity index (χ0v) is 4.68. The molecule has 0 amide bonds. The van der Waals surface area contributed by atoms with E-state index < -0.39 is 6.29 Å². The van der Waals surface area contributed by atoms with E-state index in [1.54, 1.807) is 0 Å². The fourth-order valence-electron chi connectivity index (χ4n) is 0.246. The lowest BCUT2D eigenvalue weighted by molar-refractivity contribution is 0.156. The third-order valence-electron chi connectivity index (χ3n) is 0.708. The molecule has 1 aliphatic rings. The maximum absolute atomic E-state index is 8.37. The number of hydrogen-bond acceptors (Lipinski definition) is 2. The van der Waals surface area contributed by atoms with E-state index in [0.29, 0.717) is 0 Å². The Morgan fingerprint density at radius 3 is 2.33 bits per heavy atom. The molecule has 0 bridgehead atoms. The minimum Gasteiger partial charge on any atom is -0.366 e. The molecule has 0 aromatic carbocycles. The van der Waals surface area contributed by atoms with E-state index in [9.17, 15) is 0 Å². The van der Waals surface area contributed by atoms with Crippen molar-refractivity contribution in [2.75, 3.05) is 5.33 Å². The van der Waals surface area contributed by atoms with E-state index in [2.05, 4.69) is 20.7 Å². The van der Waals surface area contributed by atoms with Crippen LogP contribution in [0.25, 0.3) is 0 Å². The summed E-state index contributed by atoms with van der Waals surface area (Å²) < 4.78 is 4.57. The van der Waals surface area contributed by atoms with E-state index in [1.165, 1.54) is 0 Å². The Hall–Kier alpha value is 0.400. The Labute approximate surface area is 44.2 Å². The van der Waals surface area contributed by atoms with Crippen LogP contribution in [-0.2, 0) is 4.74 Å². The van der Waals surface area contributed by atoms with Crippen molar-refractivity contribution in [3.63, 3.8) is 0 Å². The SMILES string of the molecule is OC1OC1CBr. The maximum atomic E-state index is 8.37. The van der Waals surface area contributed by atoms with Gasteiger partial charge in [0, 0.05) is 5.33 Å². The molecule has 1 aliphatic heterocycles. The highest BCUT2D eigenvalue weighted by Crippen LogP contribution is 2.19. The van der Waals surface area contributed by atoms with Gasteiger partial charge in [-0.25, -0.2) is 0 Å². The van der Waals surface area contributed by atoms with Gasteiger partial charge >= 0.3 is 0 Å². The normalized spacial score (nSPS) is 43.0. The van der Waals surface area contributed by atoms with E-state index in [4.69, 9.17) is 5.11 Å². The third-order valence-corrected chi connectivity index (χ3v) is 1.35. The van der Waals surface area contributed by atoms with Gasteiger partial charge in [0.2, 0.25) is 0 Å². The molecule has 36 valence electrons. The lowest BCUT2D eigenvalue weighted by atomic mass is 10.5. The Morgan fingerprint density at radius 1 is 1.83 bits per heavy atom. The minimum atomic E-state index is -0.482. The number of hydrogen-bond donors (Lipinski definition) is 1. The van der Waals surface area contributed by atoms with Crippen LogP contribution in [0.2, 0.25) is 0 Å². The van der Waals surface area contributed by atoms with Crippen LogP contribution in [0.15, 0.2) is 0 Å². The van der Waals surface area contributed by atoms with Crippen molar-refractivity contribution in [3.8, 4) is 0 Å². The van der Waals surface area contributed by atoms with Crippen molar-refractivity contribution in [2.45, 2.75) is 12.4 Å². The molecule has 1 N–H and O–H groups in total. The van der Waals surface area contributed by atoms with Crippen LogP contribution in [0.5, 0.6) is 0 Å². The maximum Gasteiger partial charge on any atom is 0.182 e. The molecule has 2 unspecified atom stereocenters. The largest absolute Gasteiger partial charge is 0.366 e. The first kappa shape index (κ1) is 4.56. The van der Waals surface area contributed by atoms with Crippen LogP contribution in [0.1, 0.15) is 0 Å². The second-order valence-electron chi connectivity index (χ2n) is 1.22. The number of halogens is 1. The van der Waals surface area contributed by atoms with Gasteiger partial charge in [0.15, 0.2) is 6.29 Å². The summed E-state index contributed by atoms with van der Waals surface area (Å²) in [5.41, 5.74) is 0. The third kappa shape index (κ3) is 0.721. The Morgan fingerprint density at radius 2 is 2.33 bits per heavy atom. The van der Waals surface area contributed by atoms with Gasteiger partial charge < -0.3 is 9.84 Å². The molecule has 1 heterocycles. The summed E-state index contributed by atoms with van der Waals surface area (Å²) in [7, 11) is 0. The lowest BCUT2D eigenvalue weighted by Crippen LogP contribution is -1.90. The van der Waals surface area contributed by atoms with Crippen molar-refractivity contribution in [1.82, 2.24) is 0 Å². The van der Waals surface area contributed by atoms with Gasteiger partial charge in [-0.05, 0) is 0 Å². The van der Waals surface area contributed by atoms with Crippen molar-refractivity contribution >= 4 is 15.9 Å². The van der Waals surface area contributed by atoms with Crippen LogP contribution < -0.4 is 0 Å². The number of rotatable bonds is 1. The first-order chi connectivity index (χ1) is 2.84. The van der Waals surface area contributed by atoms with Gasteiger partial charge in [-0.1, -0.05) is 15.9 Å². The molecular formula is C3H5BrO2. The highest BCUT2D eigenvalue weighted by atomic mass is 79.9. The fraction of sp³-hybridized carbons (Fsp3) is 1.00. The molecule has 0 radical (unpaired) electrons. The molecule has 1 fully saturated rings. The Kier molecular flexibility index (Phi) is 1.13. The molecule has 2 nitrogen and oxygen atoms in total. The number of ether oxygens (including phenoxy) is 1. The first-order valence-electron chi connectivity index (χ1n) is 1.74. The predicted molar refractivity (Wildman–Crippen MR) is 24.7 cm³/mol. The number of alkyl halides is 1. The van der Waals surface area contributed by atoms with Gasteiger partial charge in [0.05, 0.1) is 0 Å². The fourth-order valence-corrected chi connectivity index (χ4v) is 0.719. The van der Waals surface area contributed by atoms with E-state index in [0.717, 1.165) is 5.33 Å². The number of epoxide rings is 1. The van der Waals surface area contributed by atoms with E-state index >= 15 is 0 Å². The summed E-state index contributed by atoms with van der Waals surface area (Å²) in [6, 6.07) is 0. The summed E-state index contributed by atoms with van der Waals surface area (Å²) in [6.45, 7) is 0. The molecule has 0 saturated carbocycles. The molecule has 0 spiro atoms. The standard InChI is InChI=1S/C3H5BrO2/c4-1-2-3(5)6-2/h2-3,5H,1H2. The predicted octanol–water partition coefficient (Wildman–Crippen LogP) is 0.0985. The molecule has 0 aromatic heterocycles. The highest BCUT2D eigenvalue weighted by Gasteiger charge is 2.35. The van der Waals surface area contributed by atoms with Crippen LogP contribution in [0.3, 0.4) is 0 Å². The number of aliphatic hydroxyl groups is 1. The van der Waals surface area contributed by atoms with Crippen molar-refractivity contribution in [1.29, 1.82) is 0 Å². The van der Waals surface area contributed by atoms with Gasteiger partial charge in [-0.3, -0.25) is 0 Å². The summed E-state index contributed by atoms with van der Waals surface area (Å²) in [5.74, 6) is 0. The van der Waals surface area contributed by atoms with Crippen LogP contribution in [0, 0.1) is 0 Å². The smallest absolute Gasteiger partial charge is 0.182 e. The summed E-state index contributed by atoms with van der Waals surface area (Å²) in [4.78, 5) is 0. The summed E-state index contributed by atoms with van der Waals surface area (Å²) in [5, 5.41) is 9.12. The van der Waals surface area contributed by atoms with Gasteiger partial charge in [0.1, 0.15) is 6.10 Å². The molecule has 1 saturated heterocycles. The minimum absolute atomic E-state index is 0.0741. The second kappa shape index (κ2) is 1.48. The zero-order valence-electron chi connectivity index (χ0n) is 3.10. The summed E-state index contributed by atoms with van der Waals surface area (Å²) in [6.07, 6.45) is -0.408. The average molecular weight is 153 g/mol.